The molecule has 1 aliphatic heterocycles. The molecule has 1 aromatic heterocycles. The normalized spacial score (nSPS) is 16.1. The van der Waals surface area contributed by atoms with Crippen LogP contribution in [0.2, 0.25) is 0 Å². The summed E-state index contributed by atoms with van der Waals surface area (Å²) in [5.41, 5.74) is 4.98. The summed E-state index contributed by atoms with van der Waals surface area (Å²) in [7, 11) is 0. The van der Waals surface area contributed by atoms with Crippen molar-refractivity contribution in [3.8, 4) is 0 Å². The third-order valence-electron chi connectivity index (χ3n) is 3.17. The van der Waals surface area contributed by atoms with Crippen LogP contribution in [0.5, 0.6) is 0 Å². The fourth-order valence-corrected chi connectivity index (χ4v) is 2.21. The summed E-state index contributed by atoms with van der Waals surface area (Å²) in [6, 6.07) is 0. The van der Waals surface area contributed by atoms with E-state index in [2.05, 4.69) is 15.0 Å². The molecule has 0 bridgehead atoms. The largest absolute Gasteiger partial charge is 0.389 e. The number of ether oxygens (including phenoxy) is 1. The standard InChI is InChI=1S/C13H24N6O2/c1-4-18(9-13(2,3)20)11-15-10(14)16-12(17-11)19-5-7-21-8-6-19/h20H,4-9H2,1-3H3,(H2,14,15,16,17). The van der Waals surface area contributed by atoms with Crippen LogP contribution >= 0.6 is 0 Å². The van der Waals surface area contributed by atoms with E-state index in [-0.39, 0.29) is 5.95 Å². The summed E-state index contributed by atoms with van der Waals surface area (Å²) in [5, 5.41) is 10.00. The van der Waals surface area contributed by atoms with Gasteiger partial charge < -0.3 is 25.4 Å². The van der Waals surface area contributed by atoms with E-state index in [9.17, 15) is 5.11 Å². The van der Waals surface area contributed by atoms with Crippen molar-refractivity contribution in [2.75, 3.05) is 54.9 Å². The Labute approximate surface area is 125 Å². The Kier molecular flexibility index (Phi) is 4.79. The average Bonchev–Trinajstić information content (AvgIpc) is 2.44. The van der Waals surface area contributed by atoms with Crippen molar-refractivity contribution in [2.45, 2.75) is 26.4 Å². The molecule has 0 unspecified atom stereocenters. The van der Waals surface area contributed by atoms with E-state index in [0.29, 0.717) is 38.2 Å². The molecule has 8 nitrogen and oxygen atoms in total. The minimum absolute atomic E-state index is 0.190. The summed E-state index contributed by atoms with van der Waals surface area (Å²) in [5.74, 6) is 1.25. The topological polar surface area (TPSA) is 101 Å². The number of hydrogen-bond acceptors (Lipinski definition) is 8. The molecule has 8 heteroatoms. The molecule has 0 radical (unpaired) electrons. The Morgan fingerprint density at radius 2 is 1.95 bits per heavy atom. The van der Waals surface area contributed by atoms with Gasteiger partial charge in [0.15, 0.2) is 0 Å². The maximum absolute atomic E-state index is 10.00. The van der Waals surface area contributed by atoms with Crippen molar-refractivity contribution >= 4 is 17.8 Å². The van der Waals surface area contributed by atoms with E-state index in [1.54, 1.807) is 13.8 Å². The van der Waals surface area contributed by atoms with Crippen LogP contribution in [0.15, 0.2) is 0 Å². The van der Waals surface area contributed by atoms with Crippen molar-refractivity contribution in [3.63, 3.8) is 0 Å². The number of morpholine rings is 1. The van der Waals surface area contributed by atoms with Crippen molar-refractivity contribution in [2.24, 2.45) is 0 Å². The molecule has 21 heavy (non-hydrogen) atoms. The first-order valence-electron chi connectivity index (χ1n) is 7.20. The van der Waals surface area contributed by atoms with E-state index in [0.717, 1.165) is 13.1 Å². The van der Waals surface area contributed by atoms with Gasteiger partial charge in [-0.1, -0.05) is 0 Å². The van der Waals surface area contributed by atoms with Crippen LogP contribution in [0.4, 0.5) is 17.8 Å². The maximum atomic E-state index is 10.00. The summed E-state index contributed by atoms with van der Waals surface area (Å²) in [4.78, 5) is 16.8. The second kappa shape index (κ2) is 6.40. The molecule has 0 atom stereocenters. The van der Waals surface area contributed by atoms with Gasteiger partial charge in [0.2, 0.25) is 17.8 Å². The predicted octanol–water partition coefficient (Wildman–Crippen LogP) is -0.112. The zero-order valence-electron chi connectivity index (χ0n) is 12.9. The molecule has 0 amide bonds. The fraction of sp³-hybridized carbons (Fsp3) is 0.769. The average molecular weight is 296 g/mol. The predicted molar refractivity (Wildman–Crippen MR) is 81.5 cm³/mol. The molecule has 2 rings (SSSR count). The van der Waals surface area contributed by atoms with Gasteiger partial charge in [0, 0.05) is 26.2 Å². The van der Waals surface area contributed by atoms with E-state index in [1.165, 1.54) is 0 Å². The van der Waals surface area contributed by atoms with Crippen LogP contribution in [0, 0.1) is 0 Å². The molecule has 1 aromatic rings. The van der Waals surface area contributed by atoms with Crippen LogP contribution < -0.4 is 15.5 Å². The van der Waals surface area contributed by atoms with E-state index in [4.69, 9.17) is 10.5 Å². The van der Waals surface area contributed by atoms with Crippen LogP contribution in [-0.2, 0) is 4.74 Å². The third-order valence-corrected chi connectivity index (χ3v) is 3.17. The maximum Gasteiger partial charge on any atom is 0.232 e. The van der Waals surface area contributed by atoms with E-state index < -0.39 is 5.60 Å². The SMILES string of the molecule is CCN(CC(C)(C)O)c1nc(N)nc(N2CCOCC2)n1. The van der Waals surface area contributed by atoms with Gasteiger partial charge in [-0.15, -0.1) is 0 Å². The third kappa shape index (κ3) is 4.40. The lowest BCUT2D eigenvalue weighted by Gasteiger charge is -2.30. The number of likely N-dealkylation sites (N-methyl/N-ethyl adjacent to an activating group) is 1. The molecular weight excluding hydrogens is 272 g/mol. The summed E-state index contributed by atoms with van der Waals surface area (Å²) in [6.45, 7) is 9.38. The van der Waals surface area contributed by atoms with Crippen LogP contribution in [0.25, 0.3) is 0 Å². The molecule has 0 aliphatic carbocycles. The molecule has 1 saturated heterocycles. The zero-order valence-corrected chi connectivity index (χ0v) is 12.9. The molecule has 0 saturated carbocycles. The Morgan fingerprint density at radius 1 is 1.29 bits per heavy atom. The highest BCUT2D eigenvalue weighted by Crippen LogP contribution is 2.18. The minimum atomic E-state index is -0.837. The van der Waals surface area contributed by atoms with Crippen LogP contribution in [0.3, 0.4) is 0 Å². The Bertz CT molecular complexity index is 470. The van der Waals surface area contributed by atoms with Crippen LogP contribution in [-0.4, -0.2) is 65.1 Å². The first kappa shape index (κ1) is 15.7. The zero-order chi connectivity index (χ0) is 15.5. The summed E-state index contributed by atoms with van der Waals surface area (Å²) < 4.78 is 5.33. The molecular formula is C13H24N6O2. The lowest BCUT2D eigenvalue weighted by Crippen LogP contribution is -2.41. The molecule has 2 heterocycles. The van der Waals surface area contributed by atoms with Crippen molar-refractivity contribution in [3.05, 3.63) is 0 Å². The van der Waals surface area contributed by atoms with Gasteiger partial charge >= 0.3 is 0 Å². The number of rotatable bonds is 5. The molecule has 0 aromatic carbocycles. The number of nitrogens with two attached hydrogens (primary N) is 1. The van der Waals surface area contributed by atoms with Crippen molar-refractivity contribution in [1.29, 1.82) is 0 Å². The number of aromatic nitrogens is 3. The highest BCUT2D eigenvalue weighted by Gasteiger charge is 2.22. The highest BCUT2D eigenvalue weighted by atomic mass is 16.5. The Morgan fingerprint density at radius 3 is 2.52 bits per heavy atom. The van der Waals surface area contributed by atoms with Gasteiger partial charge in [0.05, 0.1) is 18.8 Å². The first-order chi connectivity index (χ1) is 9.89. The fourth-order valence-electron chi connectivity index (χ4n) is 2.21. The Balaban J connectivity index is 2.24. The minimum Gasteiger partial charge on any atom is -0.389 e. The molecule has 3 N–H and O–H groups in total. The van der Waals surface area contributed by atoms with Gasteiger partial charge in [-0.05, 0) is 20.8 Å². The number of anilines is 3. The smallest absolute Gasteiger partial charge is 0.232 e. The second-order valence-electron chi connectivity index (χ2n) is 5.72. The summed E-state index contributed by atoms with van der Waals surface area (Å²) in [6.07, 6.45) is 0. The number of nitrogen functional groups attached to an aromatic ring is 1. The molecule has 0 spiro atoms. The van der Waals surface area contributed by atoms with Gasteiger partial charge in [-0.3, -0.25) is 0 Å². The van der Waals surface area contributed by atoms with Crippen LogP contribution in [0.1, 0.15) is 20.8 Å². The number of hydrogen-bond donors (Lipinski definition) is 2. The van der Waals surface area contributed by atoms with Gasteiger partial charge in [0.25, 0.3) is 0 Å². The monoisotopic (exact) mass is 296 g/mol. The molecule has 1 fully saturated rings. The summed E-state index contributed by atoms with van der Waals surface area (Å²) >= 11 is 0. The lowest BCUT2D eigenvalue weighted by atomic mass is 10.1. The van der Waals surface area contributed by atoms with Crippen molar-refractivity contribution in [1.82, 2.24) is 15.0 Å². The van der Waals surface area contributed by atoms with E-state index in [1.807, 2.05) is 16.7 Å². The first-order valence-corrected chi connectivity index (χ1v) is 7.20. The molecule has 1 aliphatic rings. The number of nitrogens with zero attached hydrogens (tertiary/aromatic N) is 5. The van der Waals surface area contributed by atoms with E-state index >= 15 is 0 Å². The highest BCUT2D eigenvalue weighted by molar-refractivity contribution is 5.44. The second-order valence-corrected chi connectivity index (χ2v) is 5.72. The van der Waals surface area contributed by atoms with Crippen molar-refractivity contribution < 1.29 is 9.84 Å². The lowest BCUT2D eigenvalue weighted by molar-refractivity contribution is 0.0872. The molecule has 118 valence electrons. The van der Waals surface area contributed by atoms with Gasteiger partial charge in [-0.25, -0.2) is 0 Å². The quantitative estimate of drug-likeness (QED) is 0.776. The van der Waals surface area contributed by atoms with Gasteiger partial charge in [0.1, 0.15) is 0 Å². The Hall–Kier alpha value is -1.67. The number of aliphatic hydroxyl groups is 1. The van der Waals surface area contributed by atoms with Gasteiger partial charge in [-0.2, -0.15) is 15.0 Å².